The number of likely N-dealkylation sites (tertiary alicyclic amines) is 1. The van der Waals surface area contributed by atoms with Crippen molar-refractivity contribution in [2.45, 2.75) is 63.8 Å². The van der Waals surface area contributed by atoms with E-state index in [-0.39, 0.29) is 22.6 Å². The van der Waals surface area contributed by atoms with E-state index in [1.54, 1.807) is 11.0 Å². The lowest BCUT2D eigenvalue weighted by molar-refractivity contribution is -0.139. The summed E-state index contributed by atoms with van der Waals surface area (Å²) in [6.45, 7) is 7.40. The minimum absolute atomic E-state index is 0.0518. The maximum Gasteiger partial charge on any atom is 0.247 e. The van der Waals surface area contributed by atoms with Gasteiger partial charge in [0.25, 0.3) is 0 Å². The SMILES string of the molecule is CCOc1ccc(S(=O)(=O)N2CCCCC2)cc1NC(=O)C1CCCN1C(=O)C(C)C. The second kappa shape index (κ2) is 9.99. The molecule has 1 aromatic carbocycles. The van der Waals surface area contributed by atoms with Crippen molar-refractivity contribution in [3.63, 3.8) is 0 Å². The average Bonchev–Trinajstić information content (AvgIpc) is 3.25. The Bertz CT molecular complexity index is 910. The van der Waals surface area contributed by atoms with Crippen LogP contribution in [0, 0.1) is 5.92 Å². The first-order valence-electron chi connectivity index (χ1n) is 11.1. The minimum atomic E-state index is -3.64. The summed E-state index contributed by atoms with van der Waals surface area (Å²) in [6, 6.07) is 4.01. The van der Waals surface area contributed by atoms with Crippen LogP contribution in [0.25, 0.3) is 0 Å². The number of amides is 2. The van der Waals surface area contributed by atoms with Gasteiger partial charge in [-0.1, -0.05) is 20.3 Å². The van der Waals surface area contributed by atoms with Crippen molar-refractivity contribution in [2.75, 3.05) is 31.6 Å². The van der Waals surface area contributed by atoms with Crippen LogP contribution >= 0.6 is 0 Å². The number of anilines is 1. The van der Waals surface area contributed by atoms with Crippen LogP contribution in [0.3, 0.4) is 0 Å². The monoisotopic (exact) mass is 451 g/mol. The smallest absolute Gasteiger partial charge is 0.247 e. The lowest BCUT2D eigenvalue weighted by Gasteiger charge is -2.27. The van der Waals surface area contributed by atoms with Gasteiger partial charge in [-0.15, -0.1) is 0 Å². The molecule has 1 aromatic rings. The van der Waals surface area contributed by atoms with Crippen molar-refractivity contribution < 1.29 is 22.7 Å². The van der Waals surface area contributed by atoms with Crippen LogP contribution in [0.4, 0.5) is 5.69 Å². The van der Waals surface area contributed by atoms with Crippen LogP contribution in [0.1, 0.15) is 52.9 Å². The van der Waals surface area contributed by atoms with Crippen LogP contribution in [0.5, 0.6) is 5.75 Å². The number of hydrogen-bond acceptors (Lipinski definition) is 5. The maximum absolute atomic E-state index is 13.1. The minimum Gasteiger partial charge on any atom is -0.492 e. The van der Waals surface area contributed by atoms with E-state index in [1.807, 2.05) is 20.8 Å². The van der Waals surface area contributed by atoms with E-state index in [1.165, 1.54) is 16.4 Å². The molecule has 2 amide bonds. The number of nitrogens with one attached hydrogen (secondary N) is 1. The molecule has 1 atom stereocenters. The maximum atomic E-state index is 13.1. The van der Waals surface area contributed by atoms with E-state index in [2.05, 4.69) is 5.32 Å². The molecule has 31 heavy (non-hydrogen) atoms. The molecule has 2 heterocycles. The molecule has 2 fully saturated rings. The lowest BCUT2D eigenvalue weighted by Crippen LogP contribution is -2.44. The van der Waals surface area contributed by atoms with E-state index in [0.717, 1.165) is 25.7 Å². The number of piperidine rings is 1. The lowest BCUT2D eigenvalue weighted by atomic mass is 10.1. The molecule has 0 radical (unpaired) electrons. The largest absolute Gasteiger partial charge is 0.492 e. The first-order chi connectivity index (χ1) is 14.8. The summed E-state index contributed by atoms with van der Waals surface area (Å²) in [5.41, 5.74) is 0.314. The summed E-state index contributed by atoms with van der Waals surface area (Å²) in [7, 11) is -3.64. The van der Waals surface area contributed by atoms with E-state index < -0.39 is 16.1 Å². The van der Waals surface area contributed by atoms with Gasteiger partial charge in [0.1, 0.15) is 11.8 Å². The van der Waals surface area contributed by atoms with Gasteiger partial charge in [-0.25, -0.2) is 8.42 Å². The Morgan fingerprint density at radius 1 is 1.13 bits per heavy atom. The Morgan fingerprint density at radius 3 is 2.48 bits per heavy atom. The van der Waals surface area contributed by atoms with E-state index >= 15 is 0 Å². The highest BCUT2D eigenvalue weighted by atomic mass is 32.2. The number of rotatable bonds is 7. The van der Waals surface area contributed by atoms with Crippen molar-refractivity contribution in [2.24, 2.45) is 5.92 Å². The highest BCUT2D eigenvalue weighted by Crippen LogP contribution is 2.31. The van der Waals surface area contributed by atoms with Gasteiger partial charge in [0, 0.05) is 25.6 Å². The summed E-state index contributed by atoms with van der Waals surface area (Å²) in [4.78, 5) is 27.3. The Labute approximate surface area is 185 Å². The fourth-order valence-electron chi connectivity index (χ4n) is 4.15. The molecule has 9 heteroatoms. The molecular weight excluding hydrogens is 418 g/mol. The van der Waals surface area contributed by atoms with Gasteiger partial charge in [0.2, 0.25) is 21.8 Å². The highest BCUT2D eigenvalue weighted by molar-refractivity contribution is 7.89. The molecule has 3 rings (SSSR count). The third kappa shape index (κ3) is 5.20. The molecule has 0 saturated carbocycles. The predicted molar refractivity (Wildman–Crippen MR) is 118 cm³/mol. The highest BCUT2D eigenvalue weighted by Gasteiger charge is 2.35. The zero-order valence-corrected chi connectivity index (χ0v) is 19.4. The van der Waals surface area contributed by atoms with Crippen LogP contribution < -0.4 is 10.1 Å². The molecule has 0 spiro atoms. The van der Waals surface area contributed by atoms with Gasteiger partial charge >= 0.3 is 0 Å². The zero-order chi connectivity index (χ0) is 22.6. The van der Waals surface area contributed by atoms with E-state index in [0.29, 0.717) is 44.1 Å². The van der Waals surface area contributed by atoms with Gasteiger partial charge in [-0.2, -0.15) is 4.31 Å². The molecule has 8 nitrogen and oxygen atoms in total. The van der Waals surface area contributed by atoms with Crippen LogP contribution in [0.15, 0.2) is 23.1 Å². The van der Waals surface area contributed by atoms with Gasteiger partial charge in [-0.3, -0.25) is 9.59 Å². The van der Waals surface area contributed by atoms with Gasteiger partial charge in [0.05, 0.1) is 17.2 Å². The average molecular weight is 452 g/mol. The Kier molecular flexibility index (Phi) is 7.59. The normalized spacial score (nSPS) is 20.1. The van der Waals surface area contributed by atoms with Crippen molar-refractivity contribution in [1.82, 2.24) is 9.21 Å². The van der Waals surface area contributed by atoms with Crippen molar-refractivity contribution in [1.29, 1.82) is 0 Å². The number of ether oxygens (including phenoxy) is 1. The fourth-order valence-corrected chi connectivity index (χ4v) is 5.70. The summed E-state index contributed by atoms with van der Waals surface area (Å²) in [5.74, 6) is -0.150. The van der Waals surface area contributed by atoms with E-state index in [9.17, 15) is 18.0 Å². The van der Waals surface area contributed by atoms with Crippen LogP contribution in [-0.4, -0.2) is 61.7 Å². The Hall–Kier alpha value is -2.13. The summed E-state index contributed by atoms with van der Waals surface area (Å²) >= 11 is 0. The fraction of sp³-hybridized carbons (Fsp3) is 0.636. The number of nitrogens with zero attached hydrogens (tertiary/aromatic N) is 2. The van der Waals surface area contributed by atoms with Gasteiger partial charge < -0.3 is 15.0 Å². The molecule has 0 aliphatic carbocycles. The zero-order valence-electron chi connectivity index (χ0n) is 18.6. The number of hydrogen-bond donors (Lipinski definition) is 1. The van der Waals surface area contributed by atoms with Crippen LogP contribution in [-0.2, 0) is 19.6 Å². The van der Waals surface area contributed by atoms with Crippen molar-refractivity contribution in [3.8, 4) is 5.75 Å². The first-order valence-corrected chi connectivity index (χ1v) is 12.6. The Morgan fingerprint density at radius 2 is 1.84 bits per heavy atom. The number of carbonyl (C=O) groups excluding carboxylic acids is 2. The van der Waals surface area contributed by atoms with E-state index in [4.69, 9.17) is 4.74 Å². The predicted octanol–water partition coefficient (Wildman–Crippen LogP) is 2.85. The summed E-state index contributed by atoms with van der Waals surface area (Å²) < 4.78 is 33.3. The first kappa shape index (κ1) is 23.5. The quantitative estimate of drug-likeness (QED) is 0.688. The number of carbonyl (C=O) groups is 2. The third-order valence-electron chi connectivity index (χ3n) is 5.79. The molecular formula is C22H33N3O5S. The second-order valence-electron chi connectivity index (χ2n) is 8.39. The molecule has 1 unspecified atom stereocenters. The van der Waals surface area contributed by atoms with Crippen molar-refractivity contribution >= 4 is 27.5 Å². The number of benzene rings is 1. The molecule has 2 saturated heterocycles. The molecule has 2 aliphatic heterocycles. The second-order valence-corrected chi connectivity index (χ2v) is 10.3. The molecule has 2 aliphatic rings. The van der Waals surface area contributed by atoms with Gasteiger partial charge in [-0.05, 0) is 50.8 Å². The molecule has 0 aromatic heterocycles. The topological polar surface area (TPSA) is 96.0 Å². The van der Waals surface area contributed by atoms with Crippen LogP contribution in [0.2, 0.25) is 0 Å². The van der Waals surface area contributed by atoms with Crippen molar-refractivity contribution in [3.05, 3.63) is 18.2 Å². The number of sulfonamides is 1. The molecule has 172 valence electrons. The summed E-state index contributed by atoms with van der Waals surface area (Å²) in [5, 5.41) is 2.84. The van der Waals surface area contributed by atoms with Gasteiger partial charge in [0.15, 0.2) is 0 Å². The third-order valence-corrected chi connectivity index (χ3v) is 7.69. The molecule has 0 bridgehead atoms. The Balaban J connectivity index is 1.86. The summed E-state index contributed by atoms with van der Waals surface area (Å²) in [6.07, 6.45) is 4.07. The molecule has 1 N–H and O–H groups in total. The standard InChI is InChI=1S/C22H33N3O5S/c1-4-30-20-11-10-17(31(28,29)24-12-6-5-7-13-24)15-18(20)23-21(26)19-9-8-14-25(19)22(27)16(2)3/h10-11,15-16,19H,4-9,12-14H2,1-3H3,(H,23,26).